The smallest absolute Gasteiger partial charge is 0.323 e. The second-order valence-corrected chi connectivity index (χ2v) is 5.47. The summed E-state index contributed by atoms with van der Waals surface area (Å²) in [6.45, 7) is 3.89. The average molecular weight is 306 g/mol. The molecule has 22 heavy (non-hydrogen) atoms. The van der Waals surface area contributed by atoms with Gasteiger partial charge in [0.1, 0.15) is 6.04 Å². The van der Waals surface area contributed by atoms with Crippen molar-refractivity contribution in [2.75, 3.05) is 19.7 Å². The second-order valence-electron chi connectivity index (χ2n) is 5.47. The first kappa shape index (κ1) is 16.4. The van der Waals surface area contributed by atoms with Crippen LogP contribution in [0.2, 0.25) is 0 Å². The highest BCUT2D eigenvalue weighted by Crippen LogP contribution is 2.19. The minimum absolute atomic E-state index is 0.103. The van der Waals surface area contributed by atoms with E-state index >= 15 is 0 Å². The first-order valence-corrected chi connectivity index (χ1v) is 7.76. The van der Waals surface area contributed by atoms with Crippen molar-refractivity contribution in [2.24, 2.45) is 0 Å². The number of nitro groups is 1. The highest BCUT2D eigenvalue weighted by atomic mass is 16.6. The maximum atomic E-state index is 12.0. The predicted octanol–water partition coefficient (Wildman–Crippen LogP) is 2.55. The van der Waals surface area contributed by atoms with E-state index in [1.165, 1.54) is 12.1 Å². The second kappa shape index (κ2) is 7.89. The molecule has 120 valence electrons. The number of likely N-dealkylation sites (tertiary alicyclic amines) is 1. The first-order chi connectivity index (χ1) is 10.6. The Morgan fingerprint density at radius 2 is 2.09 bits per heavy atom. The van der Waals surface area contributed by atoms with Gasteiger partial charge >= 0.3 is 5.97 Å². The van der Waals surface area contributed by atoms with Gasteiger partial charge in [-0.05, 0) is 38.3 Å². The maximum absolute atomic E-state index is 12.0. The van der Waals surface area contributed by atoms with Gasteiger partial charge in [-0.3, -0.25) is 19.8 Å². The van der Waals surface area contributed by atoms with Crippen molar-refractivity contribution in [1.29, 1.82) is 0 Å². The zero-order valence-electron chi connectivity index (χ0n) is 12.9. The Morgan fingerprint density at radius 1 is 1.36 bits per heavy atom. The summed E-state index contributed by atoms with van der Waals surface area (Å²) >= 11 is 0. The van der Waals surface area contributed by atoms with E-state index in [1.54, 1.807) is 12.1 Å². The van der Waals surface area contributed by atoms with E-state index in [-0.39, 0.29) is 17.7 Å². The van der Waals surface area contributed by atoms with E-state index in [2.05, 4.69) is 4.90 Å². The predicted molar refractivity (Wildman–Crippen MR) is 82.6 cm³/mol. The molecule has 1 saturated heterocycles. The van der Waals surface area contributed by atoms with Crippen LogP contribution in [0.3, 0.4) is 0 Å². The van der Waals surface area contributed by atoms with E-state index in [1.807, 2.05) is 6.92 Å². The zero-order chi connectivity index (χ0) is 15.9. The molecule has 1 aliphatic heterocycles. The molecule has 1 unspecified atom stereocenters. The quantitative estimate of drug-likeness (QED) is 0.459. The van der Waals surface area contributed by atoms with E-state index in [4.69, 9.17) is 4.74 Å². The molecule has 0 bridgehead atoms. The minimum Gasteiger partial charge on any atom is -0.465 e. The number of non-ortho nitro benzene ring substituents is 1. The number of carbonyl (C=O) groups is 1. The van der Waals surface area contributed by atoms with E-state index < -0.39 is 4.92 Å². The Hall–Kier alpha value is -1.95. The highest BCUT2D eigenvalue weighted by Gasteiger charge is 2.29. The molecule has 2 rings (SSSR count). The van der Waals surface area contributed by atoms with E-state index in [0.29, 0.717) is 6.61 Å². The summed E-state index contributed by atoms with van der Waals surface area (Å²) in [6.07, 6.45) is 3.76. The lowest BCUT2D eigenvalue weighted by Crippen LogP contribution is -2.46. The van der Waals surface area contributed by atoms with Gasteiger partial charge in [-0.15, -0.1) is 0 Å². The topological polar surface area (TPSA) is 72.7 Å². The van der Waals surface area contributed by atoms with Crippen molar-refractivity contribution in [3.63, 3.8) is 0 Å². The van der Waals surface area contributed by atoms with Gasteiger partial charge < -0.3 is 4.74 Å². The zero-order valence-corrected chi connectivity index (χ0v) is 12.9. The number of ether oxygens (including phenoxy) is 1. The van der Waals surface area contributed by atoms with Crippen LogP contribution in [0.5, 0.6) is 0 Å². The van der Waals surface area contributed by atoms with Gasteiger partial charge in [0.25, 0.3) is 5.69 Å². The third-order valence-corrected chi connectivity index (χ3v) is 4.01. The fraction of sp³-hybridized carbons (Fsp3) is 0.562. The van der Waals surface area contributed by atoms with Crippen LogP contribution in [0.15, 0.2) is 24.3 Å². The Balaban J connectivity index is 1.93. The van der Waals surface area contributed by atoms with Gasteiger partial charge in [0.2, 0.25) is 0 Å². The minimum atomic E-state index is -0.398. The molecule has 1 aliphatic rings. The monoisotopic (exact) mass is 306 g/mol. The maximum Gasteiger partial charge on any atom is 0.323 e. The molecule has 0 saturated carbocycles. The van der Waals surface area contributed by atoms with Crippen molar-refractivity contribution in [2.45, 2.75) is 38.6 Å². The van der Waals surface area contributed by atoms with Crippen LogP contribution in [-0.2, 0) is 16.0 Å². The summed E-state index contributed by atoms with van der Waals surface area (Å²) in [7, 11) is 0. The summed E-state index contributed by atoms with van der Waals surface area (Å²) in [4.78, 5) is 24.4. The molecule has 0 spiro atoms. The number of hydrogen-bond acceptors (Lipinski definition) is 5. The molecular formula is C16H22N2O4. The first-order valence-electron chi connectivity index (χ1n) is 7.76. The third-order valence-electron chi connectivity index (χ3n) is 4.01. The lowest BCUT2D eigenvalue weighted by Gasteiger charge is -2.33. The van der Waals surface area contributed by atoms with Crippen LogP contribution in [0.1, 0.15) is 31.7 Å². The van der Waals surface area contributed by atoms with Gasteiger partial charge in [-0.2, -0.15) is 0 Å². The number of hydrogen-bond donors (Lipinski definition) is 0. The van der Waals surface area contributed by atoms with Gasteiger partial charge in [-0.25, -0.2) is 0 Å². The fourth-order valence-corrected chi connectivity index (χ4v) is 2.82. The van der Waals surface area contributed by atoms with Gasteiger partial charge in [0.05, 0.1) is 11.5 Å². The summed E-state index contributed by atoms with van der Waals surface area (Å²) in [5.74, 6) is -0.133. The number of rotatable bonds is 6. The van der Waals surface area contributed by atoms with Crippen LogP contribution in [0.25, 0.3) is 0 Å². The van der Waals surface area contributed by atoms with E-state index in [9.17, 15) is 14.9 Å². The fourth-order valence-electron chi connectivity index (χ4n) is 2.82. The molecule has 0 amide bonds. The molecular weight excluding hydrogens is 284 g/mol. The lowest BCUT2D eigenvalue weighted by atomic mass is 10.0. The molecule has 0 N–H and O–H groups in total. The Bertz CT molecular complexity index is 515. The average Bonchev–Trinajstić information content (AvgIpc) is 2.54. The largest absolute Gasteiger partial charge is 0.465 e. The van der Waals surface area contributed by atoms with Gasteiger partial charge in [-0.1, -0.05) is 18.6 Å². The van der Waals surface area contributed by atoms with Gasteiger partial charge in [0, 0.05) is 18.7 Å². The number of piperidine rings is 1. The highest BCUT2D eigenvalue weighted by molar-refractivity contribution is 5.75. The molecule has 6 nitrogen and oxygen atoms in total. The van der Waals surface area contributed by atoms with Crippen molar-refractivity contribution < 1.29 is 14.5 Å². The van der Waals surface area contributed by atoms with Crippen molar-refractivity contribution in [3.05, 3.63) is 39.9 Å². The van der Waals surface area contributed by atoms with Crippen molar-refractivity contribution >= 4 is 11.7 Å². The van der Waals surface area contributed by atoms with Crippen LogP contribution < -0.4 is 0 Å². The van der Waals surface area contributed by atoms with Crippen LogP contribution in [-0.4, -0.2) is 41.5 Å². The molecule has 1 heterocycles. The molecule has 6 heteroatoms. The summed E-state index contributed by atoms with van der Waals surface area (Å²) in [5.41, 5.74) is 1.14. The lowest BCUT2D eigenvalue weighted by molar-refractivity contribution is -0.384. The Labute approximate surface area is 130 Å². The molecule has 1 atom stereocenters. The van der Waals surface area contributed by atoms with Gasteiger partial charge in [0.15, 0.2) is 0 Å². The van der Waals surface area contributed by atoms with E-state index in [0.717, 1.165) is 44.3 Å². The standard InChI is InChI=1S/C16H22N2O4/c1-2-22-16(19)15-5-3-4-11-17(15)12-10-13-6-8-14(9-7-13)18(20)21/h6-9,15H,2-5,10-12H2,1H3. The summed E-state index contributed by atoms with van der Waals surface area (Å²) in [6, 6.07) is 6.46. The summed E-state index contributed by atoms with van der Waals surface area (Å²) < 4.78 is 5.15. The number of carbonyl (C=O) groups excluding carboxylic acids is 1. The van der Waals surface area contributed by atoms with Crippen LogP contribution in [0.4, 0.5) is 5.69 Å². The molecule has 1 aromatic carbocycles. The molecule has 0 aromatic heterocycles. The number of benzene rings is 1. The van der Waals surface area contributed by atoms with Crippen molar-refractivity contribution in [1.82, 2.24) is 4.90 Å². The normalized spacial score (nSPS) is 18.9. The molecule has 0 aliphatic carbocycles. The molecule has 0 radical (unpaired) electrons. The van der Waals surface area contributed by atoms with Crippen LogP contribution >= 0.6 is 0 Å². The van der Waals surface area contributed by atoms with Crippen LogP contribution in [0, 0.1) is 10.1 Å². The number of nitrogens with zero attached hydrogens (tertiary/aromatic N) is 2. The SMILES string of the molecule is CCOC(=O)C1CCCCN1CCc1ccc([N+](=O)[O-])cc1. The number of esters is 1. The molecule has 1 fully saturated rings. The third kappa shape index (κ3) is 4.27. The molecule has 1 aromatic rings. The Morgan fingerprint density at radius 3 is 2.73 bits per heavy atom. The van der Waals surface area contributed by atoms with Crippen molar-refractivity contribution in [3.8, 4) is 0 Å². The Kier molecular flexibility index (Phi) is 5.89. The summed E-state index contributed by atoms with van der Waals surface area (Å²) in [5, 5.41) is 10.6. The number of nitro benzene ring substituents is 1.